The molecule has 5 nitrogen and oxygen atoms in total. The summed E-state index contributed by atoms with van der Waals surface area (Å²) >= 11 is 5.43. The topological polar surface area (TPSA) is 51.1 Å². The van der Waals surface area contributed by atoms with Crippen LogP contribution in [0.5, 0.6) is 11.5 Å². The maximum absolute atomic E-state index is 13.1. The van der Waals surface area contributed by atoms with Crippen LogP contribution in [0.15, 0.2) is 83.9 Å². The van der Waals surface area contributed by atoms with Gasteiger partial charge in [-0.3, -0.25) is 9.69 Å². The van der Waals surface area contributed by atoms with Crippen molar-refractivity contribution in [2.45, 2.75) is 26.0 Å². The van der Waals surface area contributed by atoms with E-state index in [2.05, 4.69) is 4.99 Å². The van der Waals surface area contributed by atoms with Gasteiger partial charge in [0.2, 0.25) is 5.11 Å². The van der Waals surface area contributed by atoms with Crippen LogP contribution in [0, 0.1) is 0 Å². The van der Waals surface area contributed by atoms with Crippen molar-refractivity contribution in [3.05, 3.63) is 95.6 Å². The van der Waals surface area contributed by atoms with Crippen LogP contribution in [-0.4, -0.2) is 28.7 Å². The fraction of sp³-hybridized carbons (Fsp3) is 0.192. The molecule has 1 heterocycles. The fourth-order valence-electron chi connectivity index (χ4n) is 3.71. The number of methoxy groups -OCH3 is 1. The van der Waals surface area contributed by atoms with Crippen molar-refractivity contribution in [1.82, 2.24) is 4.90 Å². The lowest BCUT2D eigenvalue weighted by molar-refractivity contribution is -0.121. The molecule has 0 aromatic heterocycles. The maximum Gasteiger partial charge on any atom is 0.275 e. The summed E-state index contributed by atoms with van der Waals surface area (Å²) < 4.78 is 11.4. The van der Waals surface area contributed by atoms with E-state index < -0.39 is 0 Å². The molecule has 0 spiro atoms. The molecule has 162 valence electrons. The Kier molecular flexibility index (Phi) is 6.61. The van der Waals surface area contributed by atoms with E-state index in [1.165, 1.54) is 0 Å². The predicted octanol–water partition coefficient (Wildman–Crippen LogP) is 5.15. The van der Waals surface area contributed by atoms with Gasteiger partial charge in [0.15, 0.2) is 0 Å². The fourth-order valence-corrected chi connectivity index (χ4v) is 4.06. The molecule has 0 saturated heterocycles. The Balaban J connectivity index is 1.49. The van der Waals surface area contributed by atoms with Gasteiger partial charge in [-0.15, -0.1) is 0 Å². The molecule has 0 bridgehead atoms. The van der Waals surface area contributed by atoms with Crippen LogP contribution in [0.1, 0.15) is 29.7 Å². The molecule has 0 radical (unpaired) electrons. The highest BCUT2D eigenvalue weighted by Gasteiger charge is 2.34. The summed E-state index contributed by atoms with van der Waals surface area (Å²) in [5.41, 5.74) is 3.31. The first-order chi connectivity index (χ1) is 15.6. The van der Waals surface area contributed by atoms with Gasteiger partial charge >= 0.3 is 0 Å². The average Bonchev–Trinajstić information content (AvgIpc) is 3.11. The van der Waals surface area contributed by atoms with Crippen LogP contribution in [0.3, 0.4) is 0 Å². The number of benzene rings is 3. The first-order valence-corrected chi connectivity index (χ1v) is 10.8. The number of rotatable bonds is 8. The van der Waals surface area contributed by atoms with Gasteiger partial charge in [-0.25, -0.2) is 4.99 Å². The van der Waals surface area contributed by atoms with Crippen molar-refractivity contribution >= 4 is 28.9 Å². The van der Waals surface area contributed by atoms with Crippen LogP contribution < -0.4 is 9.47 Å². The van der Waals surface area contributed by atoms with Crippen molar-refractivity contribution in [2.24, 2.45) is 4.99 Å². The highest BCUT2D eigenvalue weighted by atomic mass is 32.1. The summed E-state index contributed by atoms with van der Waals surface area (Å²) in [6.07, 6.45) is 0.388. The number of amides is 1. The zero-order chi connectivity index (χ0) is 22.5. The summed E-state index contributed by atoms with van der Waals surface area (Å²) in [6.45, 7) is 2.32. The number of nitrogens with zero attached hydrogens (tertiary/aromatic N) is 2. The SMILES string of the molecule is COc1ccc(CC2=NC(=S)N(C(C)c3ccccc3)C2=O)cc1COc1ccccc1. The quantitative estimate of drug-likeness (QED) is 0.451. The summed E-state index contributed by atoms with van der Waals surface area (Å²) in [6, 6.07) is 25.1. The lowest BCUT2D eigenvalue weighted by Crippen LogP contribution is -2.35. The zero-order valence-corrected chi connectivity index (χ0v) is 18.8. The van der Waals surface area contributed by atoms with Crippen molar-refractivity contribution < 1.29 is 14.3 Å². The molecule has 1 aliphatic rings. The largest absolute Gasteiger partial charge is 0.496 e. The standard InChI is InChI=1S/C26H24N2O3S/c1-18(20-9-5-3-6-10-20)28-25(29)23(27-26(28)32)16-19-13-14-24(30-2)21(15-19)17-31-22-11-7-4-8-12-22/h3-15,18H,16-17H2,1-2H3. The number of hydrogen-bond acceptors (Lipinski definition) is 4. The zero-order valence-electron chi connectivity index (χ0n) is 18.0. The van der Waals surface area contributed by atoms with E-state index in [9.17, 15) is 4.79 Å². The molecule has 0 saturated carbocycles. The second kappa shape index (κ2) is 9.75. The molecular formula is C26H24N2O3S. The number of aliphatic imine (C=N–C) groups is 1. The Morgan fingerprint density at radius 3 is 2.38 bits per heavy atom. The second-order valence-electron chi connectivity index (χ2n) is 7.53. The van der Waals surface area contributed by atoms with Gasteiger partial charge in [-0.2, -0.15) is 0 Å². The van der Waals surface area contributed by atoms with Crippen molar-refractivity contribution in [3.8, 4) is 11.5 Å². The van der Waals surface area contributed by atoms with Crippen LogP contribution >= 0.6 is 12.2 Å². The number of ether oxygens (including phenoxy) is 2. The Morgan fingerprint density at radius 1 is 1.00 bits per heavy atom. The smallest absolute Gasteiger partial charge is 0.275 e. The van der Waals surface area contributed by atoms with Gasteiger partial charge in [-0.05, 0) is 54.5 Å². The minimum Gasteiger partial charge on any atom is -0.496 e. The molecule has 1 atom stereocenters. The highest BCUT2D eigenvalue weighted by Crippen LogP contribution is 2.27. The van der Waals surface area contributed by atoms with Gasteiger partial charge in [0.1, 0.15) is 23.8 Å². The number of thiocarbonyl (C=S) groups is 1. The number of hydrogen-bond donors (Lipinski definition) is 0. The molecule has 0 N–H and O–H groups in total. The molecular weight excluding hydrogens is 420 g/mol. The van der Waals surface area contributed by atoms with Crippen molar-refractivity contribution in [3.63, 3.8) is 0 Å². The summed E-state index contributed by atoms with van der Waals surface area (Å²) in [7, 11) is 1.63. The normalized spacial score (nSPS) is 14.3. The van der Waals surface area contributed by atoms with E-state index in [0.29, 0.717) is 23.9 Å². The molecule has 1 amide bonds. The minimum atomic E-state index is -0.178. The monoisotopic (exact) mass is 444 g/mol. The minimum absolute atomic E-state index is 0.149. The van der Waals surface area contributed by atoms with Gasteiger partial charge in [-0.1, -0.05) is 54.6 Å². The Hall–Kier alpha value is -3.51. The molecule has 0 fully saturated rings. The summed E-state index contributed by atoms with van der Waals surface area (Å²) in [4.78, 5) is 19.1. The maximum atomic E-state index is 13.1. The van der Waals surface area contributed by atoms with E-state index >= 15 is 0 Å². The van der Waals surface area contributed by atoms with Gasteiger partial charge in [0.05, 0.1) is 13.2 Å². The van der Waals surface area contributed by atoms with E-state index in [4.69, 9.17) is 21.7 Å². The molecule has 3 aromatic carbocycles. The molecule has 6 heteroatoms. The van der Waals surface area contributed by atoms with E-state index in [1.807, 2.05) is 85.8 Å². The number of para-hydroxylation sites is 1. The predicted molar refractivity (Wildman–Crippen MR) is 129 cm³/mol. The molecule has 1 unspecified atom stereocenters. The number of carbonyl (C=O) groups is 1. The molecule has 1 aliphatic heterocycles. The van der Waals surface area contributed by atoms with Gasteiger partial charge < -0.3 is 9.47 Å². The van der Waals surface area contributed by atoms with E-state index in [0.717, 1.165) is 28.2 Å². The second-order valence-corrected chi connectivity index (χ2v) is 7.89. The van der Waals surface area contributed by atoms with Gasteiger partial charge in [0, 0.05) is 12.0 Å². The Bertz CT molecular complexity index is 1150. The average molecular weight is 445 g/mol. The molecule has 3 aromatic rings. The summed E-state index contributed by atoms with van der Waals surface area (Å²) in [5, 5.41) is 0.308. The third kappa shape index (κ3) is 4.70. The first kappa shape index (κ1) is 21.7. The Morgan fingerprint density at radius 2 is 1.69 bits per heavy atom. The lowest BCUT2D eigenvalue weighted by Gasteiger charge is -2.23. The third-order valence-electron chi connectivity index (χ3n) is 5.43. The molecule has 4 rings (SSSR count). The van der Waals surface area contributed by atoms with Crippen LogP contribution in [0.4, 0.5) is 0 Å². The summed E-state index contributed by atoms with van der Waals surface area (Å²) in [5.74, 6) is 1.37. The van der Waals surface area contributed by atoms with E-state index in [1.54, 1.807) is 12.0 Å². The van der Waals surface area contributed by atoms with Gasteiger partial charge in [0.25, 0.3) is 5.91 Å². The molecule has 32 heavy (non-hydrogen) atoms. The van der Waals surface area contributed by atoms with Crippen LogP contribution in [-0.2, 0) is 17.8 Å². The van der Waals surface area contributed by atoms with Crippen LogP contribution in [0.25, 0.3) is 0 Å². The Labute approximate surface area is 193 Å². The number of carbonyl (C=O) groups excluding carboxylic acids is 1. The third-order valence-corrected chi connectivity index (χ3v) is 5.71. The van der Waals surface area contributed by atoms with Crippen LogP contribution in [0.2, 0.25) is 0 Å². The van der Waals surface area contributed by atoms with Crippen molar-refractivity contribution in [2.75, 3.05) is 7.11 Å². The highest BCUT2D eigenvalue weighted by molar-refractivity contribution is 7.80. The van der Waals surface area contributed by atoms with E-state index in [-0.39, 0.29) is 11.9 Å². The first-order valence-electron chi connectivity index (χ1n) is 10.4. The van der Waals surface area contributed by atoms with Crippen molar-refractivity contribution in [1.29, 1.82) is 0 Å². The lowest BCUT2D eigenvalue weighted by atomic mass is 10.0. The molecule has 0 aliphatic carbocycles.